The Labute approximate surface area is 149 Å². The van der Waals surface area contributed by atoms with Gasteiger partial charge in [0.2, 0.25) is 0 Å². The molecule has 0 saturated heterocycles. The highest BCUT2D eigenvalue weighted by Crippen LogP contribution is 2.60. The minimum absolute atomic E-state index is 0.328. The van der Waals surface area contributed by atoms with Crippen LogP contribution in [-0.2, 0) is 10.4 Å². The molecule has 0 aromatic heterocycles. The van der Waals surface area contributed by atoms with E-state index in [1.165, 1.54) is 11.1 Å². The summed E-state index contributed by atoms with van der Waals surface area (Å²) in [5, 5.41) is 0. The molecule has 25 heavy (non-hydrogen) atoms. The van der Waals surface area contributed by atoms with E-state index in [0.717, 1.165) is 36.4 Å². The summed E-state index contributed by atoms with van der Waals surface area (Å²) in [5.74, 6) is 0.909. The Morgan fingerprint density at radius 2 is 1.84 bits per heavy atom. The van der Waals surface area contributed by atoms with Crippen LogP contribution in [0.5, 0.6) is 5.75 Å². The molecule has 0 bridgehead atoms. The Kier molecular flexibility index (Phi) is 4.24. The highest BCUT2D eigenvalue weighted by Gasteiger charge is 2.58. The van der Waals surface area contributed by atoms with Crippen molar-refractivity contribution in [1.82, 2.24) is 10.4 Å². The minimum Gasteiger partial charge on any atom is -0.477 e. The molecule has 1 unspecified atom stereocenters. The third-order valence-electron chi connectivity index (χ3n) is 4.80. The van der Waals surface area contributed by atoms with Gasteiger partial charge in [0.15, 0.2) is 5.60 Å². The number of para-hydroxylation sites is 1. The summed E-state index contributed by atoms with van der Waals surface area (Å²) < 4.78 is 6.41. The first-order valence-electron chi connectivity index (χ1n) is 8.81. The predicted octanol–water partition coefficient (Wildman–Crippen LogP) is 3.56. The van der Waals surface area contributed by atoms with Crippen molar-refractivity contribution in [3.63, 3.8) is 0 Å². The van der Waals surface area contributed by atoms with Crippen LogP contribution in [0, 0.1) is 0 Å². The summed E-state index contributed by atoms with van der Waals surface area (Å²) in [6.45, 7) is 1.69. The van der Waals surface area contributed by atoms with E-state index in [0.29, 0.717) is 6.61 Å². The van der Waals surface area contributed by atoms with Gasteiger partial charge in [-0.1, -0.05) is 42.5 Å². The third kappa shape index (κ3) is 3.03. The first kappa shape index (κ1) is 16.2. The van der Waals surface area contributed by atoms with Crippen LogP contribution in [0.15, 0.2) is 60.2 Å². The Morgan fingerprint density at radius 1 is 1.08 bits per heavy atom. The van der Waals surface area contributed by atoms with Crippen LogP contribution in [0.3, 0.4) is 0 Å². The van der Waals surface area contributed by atoms with Crippen molar-refractivity contribution in [2.75, 3.05) is 27.2 Å². The maximum absolute atomic E-state index is 6.41. The Balaban J connectivity index is 1.57. The fraction of sp³-hybridized carbons (Fsp3) is 0.333. The number of fused-ring (bicyclic) bond motifs is 2. The van der Waals surface area contributed by atoms with Crippen LogP contribution in [0.4, 0.5) is 0 Å². The number of benzene rings is 2. The number of hydrogen-bond donors (Lipinski definition) is 1. The zero-order valence-electron chi connectivity index (χ0n) is 14.8. The highest BCUT2D eigenvalue weighted by atomic mass is 16.6. The molecular formula is C21H24N2O2. The molecule has 0 spiro atoms. The zero-order chi connectivity index (χ0) is 17.3. The fourth-order valence-corrected chi connectivity index (χ4v) is 3.44. The summed E-state index contributed by atoms with van der Waals surface area (Å²) in [6.07, 6.45) is 1.89. The van der Waals surface area contributed by atoms with Gasteiger partial charge in [-0.15, -0.1) is 0 Å². The Morgan fingerprint density at radius 3 is 2.64 bits per heavy atom. The highest BCUT2D eigenvalue weighted by molar-refractivity contribution is 5.80. The van der Waals surface area contributed by atoms with Gasteiger partial charge in [-0.2, -0.15) is 0 Å². The average molecular weight is 336 g/mol. The van der Waals surface area contributed by atoms with E-state index in [2.05, 4.69) is 54.8 Å². The van der Waals surface area contributed by atoms with E-state index in [1.54, 1.807) is 0 Å². The fourth-order valence-electron chi connectivity index (χ4n) is 3.44. The monoisotopic (exact) mass is 336 g/mol. The van der Waals surface area contributed by atoms with E-state index >= 15 is 0 Å². The van der Waals surface area contributed by atoms with Crippen molar-refractivity contribution < 1.29 is 9.57 Å². The number of hydroxylamine groups is 1. The van der Waals surface area contributed by atoms with Crippen molar-refractivity contribution in [2.24, 2.45) is 0 Å². The lowest BCUT2D eigenvalue weighted by molar-refractivity contribution is 0.0708. The van der Waals surface area contributed by atoms with Crippen LogP contribution >= 0.6 is 0 Å². The van der Waals surface area contributed by atoms with Crippen LogP contribution in [-0.4, -0.2) is 32.1 Å². The lowest BCUT2D eigenvalue weighted by Crippen LogP contribution is -2.25. The summed E-state index contributed by atoms with van der Waals surface area (Å²) in [4.78, 5) is 7.93. The molecule has 2 aromatic rings. The molecule has 1 saturated carbocycles. The summed E-state index contributed by atoms with van der Waals surface area (Å²) in [7, 11) is 4.15. The Bertz CT molecular complexity index is 785. The molecule has 4 heteroatoms. The van der Waals surface area contributed by atoms with Crippen LogP contribution in [0.1, 0.15) is 24.0 Å². The van der Waals surface area contributed by atoms with Gasteiger partial charge in [-0.05, 0) is 39.2 Å². The van der Waals surface area contributed by atoms with Gasteiger partial charge in [0.1, 0.15) is 5.75 Å². The lowest BCUT2D eigenvalue weighted by atomic mass is 10.0. The predicted molar refractivity (Wildman–Crippen MR) is 99.0 cm³/mol. The lowest BCUT2D eigenvalue weighted by Gasteiger charge is -2.26. The van der Waals surface area contributed by atoms with Gasteiger partial charge in [-0.25, -0.2) is 0 Å². The van der Waals surface area contributed by atoms with E-state index in [1.807, 2.05) is 24.3 Å². The van der Waals surface area contributed by atoms with Crippen molar-refractivity contribution in [1.29, 1.82) is 0 Å². The van der Waals surface area contributed by atoms with Crippen LogP contribution in [0.25, 0.3) is 5.70 Å². The molecule has 1 fully saturated rings. The molecule has 0 radical (unpaired) electrons. The zero-order valence-corrected chi connectivity index (χ0v) is 14.8. The number of nitrogens with one attached hydrogen (secondary N) is 1. The largest absolute Gasteiger partial charge is 0.477 e. The van der Waals surface area contributed by atoms with Crippen LogP contribution < -0.4 is 10.2 Å². The van der Waals surface area contributed by atoms with Crippen molar-refractivity contribution in [2.45, 2.75) is 18.4 Å². The quantitative estimate of drug-likeness (QED) is 0.619. The van der Waals surface area contributed by atoms with Gasteiger partial charge < -0.3 is 9.64 Å². The molecule has 4 rings (SSSR count). The molecule has 130 valence electrons. The van der Waals surface area contributed by atoms with Gasteiger partial charge in [-0.3, -0.25) is 10.3 Å². The number of nitrogens with zero attached hydrogens (tertiary/aromatic N) is 1. The topological polar surface area (TPSA) is 33.7 Å². The maximum Gasteiger partial charge on any atom is 0.162 e. The normalized spacial score (nSPS) is 20.8. The number of hydrogen-bond acceptors (Lipinski definition) is 4. The molecule has 2 aliphatic rings. The summed E-state index contributed by atoms with van der Waals surface area (Å²) in [5.41, 5.74) is 7.50. The molecule has 1 atom stereocenters. The first-order chi connectivity index (χ1) is 12.2. The molecule has 4 nitrogen and oxygen atoms in total. The third-order valence-corrected chi connectivity index (χ3v) is 4.80. The van der Waals surface area contributed by atoms with E-state index in [9.17, 15) is 0 Å². The van der Waals surface area contributed by atoms with E-state index in [4.69, 9.17) is 9.57 Å². The second kappa shape index (κ2) is 6.54. The molecule has 1 aliphatic heterocycles. The van der Waals surface area contributed by atoms with E-state index in [-0.39, 0.29) is 5.60 Å². The summed E-state index contributed by atoms with van der Waals surface area (Å²) >= 11 is 0. The van der Waals surface area contributed by atoms with Crippen LogP contribution in [0.2, 0.25) is 0 Å². The van der Waals surface area contributed by atoms with Gasteiger partial charge in [0.05, 0.1) is 12.3 Å². The molecule has 1 heterocycles. The van der Waals surface area contributed by atoms with Gasteiger partial charge in [0.25, 0.3) is 0 Å². The average Bonchev–Trinajstić information content (AvgIpc) is 3.36. The SMILES string of the molecule is CN(C)CCCONC1=C2CC2(c2ccccc2)Oc2ccccc21. The Hall–Kier alpha value is -2.30. The van der Waals surface area contributed by atoms with Crippen molar-refractivity contribution >= 4 is 5.70 Å². The number of rotatable bonds is 7. The maximum atomic E-state index is 6.41. The van der Waals surface area contributed by atoms with Gasteiger partial charge >= 0.3 is 0 Å². The van der Waals surface area contributed by atoms with Crippen molar-refractivity contribution in [3.05, 3.63) is 71.3 Å². The molecular weight excluding hydrogens is 312 g/mol. The molecule has 0 amide bonds. The van der Waals surface area contributed by atoms with E-state index < -0.39 is 0 Å². The second-order valence-electron chi connectivity index (χ2n) is 6.93. The minimum atomic E-state index is -0.328. The molecule has 1 N–H and O–H groups in total. The molecule has 2 aromatic carbocycles. The number of ether oxygens (including phenoxy) is 1. The van der Waals surface area contributed by atoms with Crippen molar-refractivity contribution in [3.8, 4) is 5.75 Å². The smallest absolute Gasteiger partial charge is 0.162 e. The standard InChI is InChI=1S/C21H24N2O2/c1-23(2)13-8-14-24-22-20-17-11-6-7-12-19(17)25-21(15-18(20)21)16-9-4-3-5-10-16/h3-7,9-12,22H,8,13-15H2,1-2H3. The second-order valence-corrected chi connectivity index (χ2v) is 6.93. The summed E-state index contributed by atoms with van der Waals surface area (Å²) in [6, 6.07) is 18.6. The van der Waals surface area contributed by atoms with Gasteiger partial charge in [0, 0.05) is 23.1 Å². The molecule has 1 aliphatic carbocycles. The first-order valence-corrected chi connectivity index (χ1v) is 8.81.